The minimum absolute atomic E-state index is 0.0470. The molecule has 0 bridgehead atoms. The molecule has 0 atom stereocenters. The highest BCUT2D eigenvalue weighted by Gasteiger charge is 2.38. The molecule has 0 aliphatic heterocycles. The van der Waals surface area contributed by atoms with Crippen molar-refractivity contribution >= 4 is 23.2 Å². The van der Waals surface area contributed by atoms with Crippen molar-refractivity contribution in [1.29, 1.82) is 0 Å². The molecule has 0 unspecified atom stereocenters. The lowest BCUT2D eigenvalue weighted by atomic mass is 9.86. The van der Waals surface area contributed by atoms with Gasteiger partial charge in [-0.2, -0.15) is 46.7 Å². The third-order valence-electron chi connectivity index (χ3n) is 20.1. The highest BCUT2D eigenvalue weighted by Crippen LogP contribution is 2.45. The van der Waals surface area contributed by atoms with Crippen LogP contribution in [-0.4, -0.2) is 141 Å². The second-order valence-corrected chi connectivity index (χ2v) is 31.5. The van der Waals surface area contributed by atoms with Gasteiger partial charge in [-0.3, -0.25) is 20.4 Å². The number of aromatic nitrogens is 8. The van der Waals surface area contributed by atoms with Crippen molar-refractivity contribution in [2.45, 2.75) is 211 Å². The Labute approximate surface area is 647 Å². The summed E-state index contributed by atoms with van der Waals surface area (Å²) in [6.45, 7) is 29.6. The summed E-state index contributed by atoms with van der Waals surface area (Å²) in [5, 5.41) is 30.1. The number of hydrogen-bond acceptors (Lipinski definition) is 12. The number of halogens is 8. The molecule has 4 N–H and O–H groups in total. The van der Waals surface area contributed by atoms with E-state index in [4.69, 9.17) is 42.1 Å². The van der Waals surface area contributed by atoms with E-state index in [-0.39, 0.29) is 11.5 Å². The summed E-state index contributed by atoms with van der Waals surface area (Å²) in [6, 6.07) is 14.1. The average molecular weight is 1540 g/mol. The van der Waals surface area contributed by atoms with Crippen LogP contribution >= 0.6 is 23.2 Å². The monoisotopic (exact) mass is 1540 g/mol. The maximum absolute atomic E-state index is 13.8. The number of unbranched alkanes of at least 4 members (excludes halogenated alkanes) is 4. The van der Waals surface area contributed by atoms with Gasteiger partial charge in [0.15, 0.2) is 0 Å². The van der Waals surface area contributed by atoms with E-state index in [2.05, 4.69) is 135 Å². The maximum atomic E-state index is 13.8. The van der Waals surface area contributed by atoms with Gasteiger partial charge in [0.1, 0.15) is 23.0 Å². The van der Waals surface area contributed by atoms with Crippen molar-refractivity contribution in [2.24, 2.45) is 23.7 Å². The summed E-state index contributed by atoms with van der Waals surface area (Å²) >= 11 is 13.0. The first-order chi connectivity index (χ1) is 51.6. The molecule has 4 aromatic heterocycles. The topological polar surface area (TPSA) is 165 Å². The number of ether oxygens (including phenoxy) is 4. The van der Waals surface area contributed by atoms with Crippen molar-refractivity contribution < 1.29 is 45.3 Å². The first-order valence-electron chi connectivity index (χ1n) is 39.0. The molecule has 3 fully saturated rings. The van der Waals surface area contributed by atoms with E-state index < -0.39 is 23.5 Å². The van der Waals surface area contributed by atoms with Crippen LogP contribution in [0.2, 0.25) is 10.0 Å². The number of rotatable bonds is 36. The van der Waals surface area contributed by atoms with Crippen LogP contribution in [-0.2, 0) is 38.5 Å². The fraction of sp³-hybridized carbons (Fsp3) is 0.571. The normalized spacial score (nSPS) is 14.0. The van der Waals surface area contributed by atoms with Gasteiger partial charge >= 0.3 is 12.4 Å². The molecule has 594 valence electrons. The van der Waals surface area contributed by atoms with Gasteiger partial charge in [-0.1, -0.05) is 103 Å². The molecule has 0 spiro atoms. The lowest BCUT2D eigenvalue weighted by molar-refractivity contribution is -0.139. The molecule has 4 heterocycles. The summed E-state index contributed by atoms with van der Waals surface area (Å²) in [6.07, 6.45) is 16.6. The van der Waals surface area contributed by atoms with Gasteiger partial charge in [-0.05, 0) is 241 Å². The Hall–Kier alpha value is -7.08. The number of hydrogen-bond donors (Lipinski definition) is 4. The predicted octanol–water partition coefficient (Wildman–Crippen LogP) is 22.0. The number of benzene rings is 4. The van der Waals surface area contributed by atoms with Gasteiger partial charge < -0.3 is 38.5 Å². The summed E-state index contributed by atoms with van der Waals surface area (Å²) in [5.74, 6) is 3.42. The van der Waals surface area contributed by atoms with Crippen LogP contribution in [0.1, 0.15) is 200 Å². The van der Waals surface area contributed by atoms with Gasteiger partial charge in [0, 0.05) is 70.7 Å². The van der Waals surface area contributed by atoms with Crippen molar-refractivity contribution in [3.8, 4) is 68.0 Å². The molecule has 108 heavy (non-hydrogen) atoms. The average Bonchev–Trinajstić information content (AvgIpc) is 1.05. The smallest absolute Gasteiger partial charge is 0.419 e. The number of nitrogens with one attached hydrogen (secondary N) is 4. The third kappa shape index (κ3) is 25.8. The molecule has 3 saturated carbocycles. The van der Waals surface area contributed by atoms with Crippen molar-refractivity contribution in [3.05, 3.63) is 139 Å². The lowest BCUT2D eigenvalue weighted by Gasteiger charge is -2.27. The largest absolute Gasteiger partial charge is 0.492 e. The van der Waals surface area contributed by atoms with E-state index in [0.717, 1.165) is 160 Å². The zero-order valence-electron chi connectivity index (χ0n) is 66.3. The molecule has 11 rings (SSSR count). The Kier molecular flexibility index (Phi) is 33.5. The van der Waals surface area contributed by atoms with Crippen molar-refractivity contribution in [3.63, 3.8) is 0 Å². The van der Waals surface area contributed by atoms with Gasteiger partial charge in [0.2, 0.25) is 0 Å². The number of alkyl halides is 6. The first-order valence-corrected chi connectivity index (χ1v) is 39.7. The molecular weight excluding hydrogens is 1430 g/mol. The van der Waals surface area contributed by atoms with E-state index in [1.165, 1.54) is 68.2 Å². The minimum Gasteiger partial charge on any atom is -0.492 e. The first kappa shape index (κ1) is 86.5. The molecule has 24 heteroatoms. The Morgan fingerprint density at radius 3 is 0.926 bits per heavy atom. The zero-order chi connectivity index (χ0) is 78.2. The fourth-order valence-corrected chi connectivity index (χ4v) is 13.8. The Morgan fingerprint density at radius 1 is 0.407 bits per heavy atom. The Balaban J connectivity index is 0.000000182. The van der Waals surface area contributed by atoms with Crippen LogP contribution < -0.4 is 18.9 Å². The fourth-order valence-electron chi connectivity index (χ4n) is 13.1. The number of nitrogens with zero attached hydrogens (tertiary/aromatic N) is 8. The van der Waals surface area contributed by atoms with E-state index in [1.54, 1.807) is 38.4 Å². The van der Waals surface area contributed by atoms with Crippen LogP contribution in [0.15, 0.2) is 73.3 Å². The lowest BCUT2D eigenvalue weighted by Crippen LogP contribution is -2.21. The third-order valence-corrected chi connectivity index (χ3v) is 20.6. The molecule has 8 aromatic rings. The highest BCUT2D eigenvalue weighted by molar-refractivity contribution is 6.32. The second-order valence-electron chi connectivity index (χ2n) is 30.7. The molecule has 0 saturated heterocycles. The highest BCUT2D eigenvalue weighted by atomic mass is 35.5. The molecular formula is C84H118Cl2F6N12O4. The molecule has 4 aromatic carbocycles. The van der Waals surface area contributed by atoms with E-state index >= 15 is 0 Å². The summed E-state index contributed by atoms with van der Waals surface area (Å²) in [7, 11) is 8.32. The van der Waals surface area contributed by atoms with E-state index in [1.807, 2.05) is 45.5 Å². The molecule has 16 nitrogen and oxygen atoms in total. The van der Waals surface area contributed by atoms with Gasteiger partial charge in [-0.15, -0.1) is 0 Å². The predicted molar refractivity (Wildman–Crippen MR) is 424 cm³/mol. The Bertz CT molecular complexity index is 4000. The van der Waals surface area contributed by atoms with Crippen LogP contribution in [0.4, 0.5) is 26.3 Å². The van der Waals surface area contributed by atoms with E-state index in [0.29, 0.717) is 100 Å². The second kappa shape index (κ2) is 41.8. The van der Waals surface area contributed by atoms with Gasteiger partial charge in [0.05, 0.1) is 95.2 Å². The summed E-state index contributed by atoms with van der Waals surface area (Å²) < 4.78 is 106. The summed E-state index contributed by atoms with van der Waals surface area (Å²) in [5.41, 5.74) is 12.3. The Morgan fingerprint density at radius 2 is 0.676 bits per heavy atom. The van der Waals surface area contributed by atoms with Gasteiger partial charge in [0.25, 0.3) is 0 Å². The maximum Gasteiger partial charge on any atom is 0.419 e. The SMILES string of the molecule is CCCCN(C)Cc1cn[nH]c1-c1cc(C)c(OCC(C)C)c(Cl)c1.CCCCN(C)Cc1cn[nH]c1-c1cc(C)c(OCC2CC2)c(C(F)(F)F)c1.CCCCN(C)Cc1cn[nH]c1-c1cc(C)c(OCC2CCC2)c(C(F)(F)F)c1.CCCCN(C)Cc1cn[nH]c1-c1cc(C)c(OCC2CCC2)c(Cl)c1. The molecule has 3 aliphatic carbocycles. The standard InChI is InChI=1S/C22H30F3N3O.C21H30ClN3O.C21H28F3N3O.C20H30ClN3O/c1-4-5-9-28(3)13-18-12-26-27-20(18)17-10-15(2)21(19(11-17)22(23,24)25)29-14-16-7-6-8-16;1-4-5-9-25(3)13-18-12-23-24-20(18)17-10-15(2)21(19(22)11-17)26-14-16-7-6-8-16;1-4-5-8-27(3)12-17-11-25-26-19(17)16-9-14(2)20(28-13-15-6-7-15)18(10-16)21(22,23)24;1-6-7-8-24(5)12-17-11-22-23-19(17)16-9-15(4)20(18(21)10-16)25-13-14(2)3/h10-12,16H,4-9,13-14H2,1-3H3,(H,26,27);10-12,16H,4-9,13-14H2,1-3H3,(H,23,24);9-11,15H,4-8,12-13H2,1-3H3,(H,25,26);9-11,14H,6-8,12-13H2,1-5H3,(H,22,23). The van der Waals surface area contributed by atoms with Crippen molar-refractivity contribution in [1.82, 2.24) is 60.4 Å². The molecule has 0 radical (unpaired) electrons. The number of H-pyrrole nitrogens is 4. The van der Waals surface area contributed by atoms with Gasteiger partial charge in [-0.25, -0.2) is 0 Å². The van der Waals surface area contributed by atoms with E-state index in [9.17, 15) is 26.3 Å². The van der Waals surface area contributed by atoms with Crippen LogP contribution in [0.3, 0.4) is 0 Å². The molecule has 3 aliphatic rings. The summed E-state index contributed by atoms with van der Waals surface area (Å²) in [4.78, 5) is 8.98. The number of aromatic amines is 4. The quantitative estimate of drug-likeness (QED) is 0.0275. The van der Waals surface area contributed by atoms with Crippen molar-refractivity contribution in [2.75, 3.05) is 80.8 Å². The van der Waals surface area contributed by atoms with Crippen LogP contribution in [0.5, 0.6) is 23.0 Å². The van der Waals surface area contributed by atoms with Crippen LogP contribution in [0, 0.1) is 51.4 Å². The minimum atomic E-state index is -4.48. The number of aryl methyl sites for hydroxylation is 4. The zero-order valence-corrected chi connectivity index (χ0v) is 67.8. The molecule has 0 amide bonds. The van der Waals surface area contributed by atoms with Crippen LogP contribution in [0.25, 0.3) is 45.0 Å².